The molecule has 4 nitrogen and oxygen atoms in total. The highest BCUT2D eigenvalue weighted by atomic mass is 32.2. The monoisotopic (exact) mass is 437 g/mol. The van der Waals surface area contributed by atoms with Crippen LogP contribution in [0.1, 0.15) is 36.5 Å². The summed E-state index contributed by atoms with van der Waals surface area (Å²) in [5.74, 6) is -4.06. The number of halogens is 4. The predicted molar refractivity (Wildman–Crippen MR) is 107 cm³/mol. The van der Waals surface area contributed by atoms with Crippen LogP contribution >= 0.6 is 11.8 Å². The summed E-state index contributed by atoms with van der Waals surface area (Å²) < 4.78 is 56.5. The van der Waals surface area contributed by atoms with Gasteiger partial charge in [-0.3, -0.25) is 4.79 Å². The van der Waals surface area contributed by atoms with Crippen molar-refractivity contribution in [3.05, 3.63) is 70.3 Å². The SMILES string of the molecule is CC(=O)N1N=C(c2cc(F)ccc2F)SC12c1cc(F)c(F)cc1CCC2CCN. The molecule has 30 heavy (non-hydrogen) atoms. The van der Waals surface area contributed by atoms with Crippen molar-refractivity contribution in [1.29, 1.82) is 0 Å². The van der Waals surface area contributed by atoms with E-state index in [-0.39, 0.29) is 16.5 Å². The Bertz CT molecular complexity index is 1060. The summed E-state index contributed by atoms with van der Waals surface area (Å²) in [6, 6.07) is 5.19. The normalized spacial score (nSPS) is 22.9. The van der Waals surface area contributed by atoms with E-state index in [9.17, 15) is 22.4 Å². The number of aryl methyl sites for hydroxylation is 1. The molecule has 1 amide bonds. The minimum Gasteiger partial charge on any atom is -0.330 e. The largest absolute Gasteiger partial charge is 0.330 e. The second-order valence-electron chi connectivity index (χ2n) is 7.40. The zero-order valence-electron chi connectivity index (χ0n) is 16.1. The average Bonchev–Trinajstić information content (AvgIpc) is 3.09. The lowest BCUT2D eigenvalue weighted by molar-refractivity contribution is -0.134. The molecule has 2 aromatic rings. The third-order valence-electron chi connectivity index (χ3n) is 5.58. The number of nitrogens with two attached hydrogens (primary N) is 1. The van der Waals surface area contributed by atoms with Crippen LogP contribution in [0.2, 0.25) is 0 Å². The number of benzene rings is 2. The maximum absolute atomic E-state index is 14.5. The summed E-state index contributed by atoms with van der Waals surface area (Å²) in [4.78, 5) is 11.4. The van der Waals surface area contributed by atoms with Gasteiger partial charge in [0.2, 0.25) is 5.91 Å². The molecule has 158 valence electrons. The topological polar surface area (TPSA) is 58.7 Å². The van der Waals surface area contributed by atoms with Crippen molar-refractivity contribution in [2.75, 3.05) is 6.54 Å². The van der Waals surface area contributed by atoms with E-state index in [1.54, 1.807) is 0 Å². The molecule has 0 saturated carbocycles. The van der Waals surface area contributed by atoms with Crippen LogP contribution in [0, 0.1) is 29.2 Å². The number of carbonyl (C=O) groups excluding carboxylic acids is 1. The van der Waals surface area contributed by atoms with Crippen molar-refractivity contribution < 1.29 is 22.4 Å². The Morgan fingerprint density at radius 1 is 1.20 bits per heavy atom. The molecule has 2 aromatic carbocycles. The number of hydrogen-bond acceptors (Lipinski definition) is 4. The van der Waals surface area contributed by atoms with E-state index in [4.69, 9.17) is 5.73 Å². The van der Waals surface area contributed by atoms with Crippen LogP contribution in [0.3, 0.4) is 0 Å². The first kappa shape index (κ1) is 20.9. The lowest BCUT2D eigenvalue weighted by Crippen LogP contribution is -2.49. The highest BCUT2D eigenvalue weighted by Crippen LogP contribution is 2.57. The molecule has 1 heterocycles. The number of hydrazone groups is 1. The molecule has 1 aliphatic carbocycles. The first-order valence-electron chi connectivity index (χ1n) is 9.50. The van der Waals surface area contributed by atoms with Gasteiger partial charge in [-0.2, -0.15) is 5.10 Å². The highest BCUT2D eigenvalue weighted by Gasteiger charge is 2.55. The molecule has 0 saturated heterocycles. The second-order valence-corrected chi connectivity index (χ2v) is 8.61. The molecule has 2 N–H and O–H groups in total. The molecule has 1 aliphatic heterocycles. The fourth-order valence-electron chi connectivity index (χ4n) is 4.29. The van der Waals surface area contributed by atoms with E-state index in [0.717, 1.165) is 42.1 Å². The third-order valence-corrected chi connectivity index (χ3v) is 7.11. The average molecular weight is 437 g/mol. The van der Waals surface area contributed by atoms with Gasteiger partial charge in [-0.25, -0.2) is 22.6 Å². The van der Waals surface area contributed by atoms with Gasteiger partial charge < -0.3 is 5.73 Å². The second kappa shape index (κ2) is 7.70. The van der Waals surface area contributed by atoms with Crippen molar-refractivity contribution in [2.45, 2.75) is 31.1 Å². The van der Waals surface area contributed by atoms with Crippen LogP contribution < -0.4 is 5.73 Å². The van der Waals surface area contributed by atoms with Gasteiger partial charge in [0.1, 0.15) is 21.5 Å². The zero-order chi connectivity index (χ0) is 21.6. The molecule has 2 unspecified atom stereocenters. The maximum atomic E-state index is 14.5. The quantitative estimate of drug-likeness (QED) is 0.730. The van der Waals surface area contributed by atoms with E-state index in [1.807, 2.05) is 0 Å². The Labute approximate surface area is 175 Å². The molecule has 0 bridgehead atoms. The highest BCUT2D eigenvalue weighted by molar-refractivity contribution is 8.15. The first-order valence-corrected chi connectivity index (χ1v) is 10.3. The van der Waals surface area contributed by atoms with Gasteiger partial charge in [-0.05, 0) is 73.2 Å². The molecular weight excluding hydrogens is 418 g/mol. The van der Waals surface area contributed by atoms with E-state index >= 15 is 0 Å². The minimum atomic E-state index is -1.22. The van der Waals surface area contributed by atoms with Crippen molar-refractivity contribution in [3.63, 3.8) is 0 Å². The Hall–Kier alpha value is -2.39. The number of rotatable bonds is 3. The van der Waals surface area contributed by atoms with Crippen LogP contribution in [0.25, 0.3) is 0 Å². The van der Waals surface area contributed by atoms with Crippen molar-refractivity contribution in [2.24, 2.45) is 16.8 Å². The summed E-state index contributed by atoms with van der Waals surface area (Å²) in [7, 11) is 0. The Morgan fingerprint density at radius 3 is 2.63 bits per heavy atom. The van der Waals surface area contributed by atoms with E-state index in [1.165, 1.54) is 11.9 Å². The molecule has 4 rings (SSSR count). The van der Waals surface area contributed by atoms with Gasteiger partial charge in [0.15, 0.2) is 11.6 Å². The van der Waals surface area contributed by atoms with Crippen LogP contribution in [-0.2, 0) is 16.1 Å². The van der Waals surface area contributed by atoms with Gasteiger partial charge in [0.05, 0.1) is 0 Å². The van der Waals surface area contributed by atoms with Crippen molar-refractivity contribution >= 4 is 22.7 Å². The molecule has 2 aliphatic rings. The molecule has 2 atom stereocenters. The van der Waals surface area contributed by atoms with Crippen molar-refractivity contribution in [1.82, 2.24) is 5.01 Å². The molecule has 0 fully saturated rings. The zero-order valence-corrected chi connectivity index (χ0v) is 16.9. The lowest BCUT2D eigenvalue weighted by Gasteiger charge is -2.45. The van der Waals surface area contributed by atoms with Gasteiger partial charge in [0.25, 0.3) is 0 Å². The fraction of sp³-hybridized carbons (Fsp3) is 0.333. The number of fused-ring (bicyclic) bond motifs is 2. The van der Waals surface area contributed by atoms with Crippen LogP contribution in [-0.4, -0.2) is 22.5 Å². The summed E-state index contributed by atoms with van der Waals surface area (Å²) >= 11 is 1.06. The number of hydrogen-bond donors (Lipinski definition) is 1. The fourth-order valence-corrected chi connectivity index (χ4v) is 5.93. The number of carbonyl (C=O) groups is 1. The summed E-state index contributed by atoms with van der Waals surface area (Å²) in [5.41, 5.74) is 6.67. The van der Waals surface area contributed by atoms with E-state index in [0.29, 0.717) is 36.9 Å². The van der Waals surface area contributed by atoms with Crippen LogP contribution in [0.15, 0.2) is 35.4 Å². The van der Waals surface area contributed by atoms with Crippen LogP contribution in [0.5, 0.6) is 0 Å². The van der Waals surface area contributed by atoms with E-state index in [2.05, 4.69) is 5.10 Å². The number of nitrogens with zero attached hydrogens (tertiary/aromatic N) is 2. The number of thioether (sulfide) groups is 1. The molecule has 0 radical (unpaired) electrons. The summed E-state index contributed by atoms with van der Waals surface area (Å²) in [6.45, 7) is 1.60. The third kappa shape index (κ3) is 3.20. The van der Waals surface area contributed by atoms with Gasteiger partial charge in [-0.15, -0.1) is 0 Å². The van der Waals surface area contributed by atoms with Gasteiger partial charge in [0, 0.05) is 12.5 Å². The Morgan fingerprint density at radius 2 is 1.93 bits per heavy atom. The van der Waals surface area contributed by atoms with Crippen molar-refractivity contribution in [3.8, 4) is 0 Å². The Kier molecular flexibility index (Phi) is 5.36. The summed E-state index contributed by atoms with van der Waals surface area (Å²) in [6.07, 6.45) is 1.53. The predicted octanol–water partition coefficient (Wildman–Crippen LogP) is 4.26. The van der Waals surface area contributed by atoms with Crippen LogP contribution in [0.4, 0.5) is 17.6 Å². The lowest BCUT2D eigenvalue weighted by atomic mass is 9.77. The van der Waals surface area contributed by atoms with Gasteiger partial charge >= 0.3 is 0 Å². The molecular formula is C21H19F4N3OS. The standard InChI is InChI=1S/C21H19F4N3OS/c1-11(29)28-21(30-20(27-28)15-9-14(22)4-5-17(15)23)13(6-7-26)3-2-12-8-18(24)19(25)10-16(12)21/h4-5,8-10,13H,2-3,6-7,26H2,1H3. The Balaban J connectivity index is 1.93. The minimum absolute atomic E-state index is 0.0932. The molecule has 0 aromatic heterocycles. The molecule has 1 spiro atoms. The maximum Gasteiger partial charge on any atom is 0.241 e. The van der Waals surface area contributed by atoms with Gasteiger partial charge in [-0.1, -0.05) is 11.8 Å². The summed E-state index contributed by atoms with van der Waals surface area (Å²) in [5, 5.41) is 5.61. The van der Waals surface area contributed by atoms with E-state index < -0.39 is 34.0 Å². The number of amides is 1. The smallest absolute Gasteiger partial charge is 0.241 e. The first-order chi connectivity index (χ1) is 14.3. The molecule has 9 heteroatoms.